The maximum atomic E-state index is 5.39. The molecule has 0 bridgehead atoms. The SMILES string of the molecule is C=C(C)CN=C(NCCc1ccco1)N(C)Cc1ncc(-c2ccccc2)[nH]1.I. The van der Waals surface area contributed by atoms with Gasteiger partial charge in [0.05, 0.1) is 31.2 Å². The van der Waals surface area contributed by atoms with Gasteiger partial charge in [-0.2, -0.15) is 0 Å². The van der Waals surface area contributed by atoms with Crippen molar-refractivity contribution >= 4 is 29.9 Å². The summed E-state index contributed by atoms with van der Waals surface area (Å²) in [5.41, 5.74) is 3.15. The van der Waals surface area contributed by atoms with Crippen LogP contribution in [0.1, 0.15) is 18.5 Å². The first-order valence-electron chi connectivity index (χ1n) is 9.37. The van der Waals surface area contributed by atoms with Crippen molar-refractivity contribution in [3.63, 3.8) is 0 Å². The minimum absolute atomic E-state index is 0. The van der Waals surface area contributed by atoms with Crippen LogP contribution >= 0.6 is 24.0 Å². The first-order valence-corrected chi connectivity index (χ1v) is 9.37. The third-order valence-electron chi connectivity index (χ3n) is 4.20. The van der Waals surface area contributed by atoms with Gasteiger partial charge >= 0.3 is 0 Å². The summed E-state index contributed by atoms with van der Waals surface area (Å²) < 4.78 is 5.39. The fourth-order valence-corrected chi connectivity index (χ4v) is 2.78. The summed E-state index contributed by atoms with van der Waals surface area (Å²) >= 11 is 0. The van der Waals surface area contributed by atoms with Gasteiger partial charge in [-0.15, -0.1) is 24.0 Å². The van der Waals surface area contributed by atoms with E-state index in [4.69, 9.17) is 4.42 Å². The number of nitrogens with zero attached hydrogens (tertiary/aromatic N) is 3. The molecule has 0 aliphatic carbocycles. The van der Waals surface area contributed by atoms with Gasteiger partial charge in [0, 0.05) is 20.0 Å². The number of furan rings is 1. The molecule has 7 heteroatoms. The number of imidazole rings is 1. The van der Waals surface area contributed by atoms with Crippen molar-refractivity contribution in [3.8, 4) is 11.3 Å². The van der Waals surface area contributed by atoms with Gasteiger partial charge in [-0.1, -0.05) is 42.5 Å². The van der Waals surface area contributed by atoms with E-state index in [1.165, 1.54) is 0 Å². The molecule has 0 aliphatic heterocycles. The molecule has 3 rings (SSSR count). The number of hydrogen-bond donors (Lipinski definition) is 2. The van der Waals surface area contributed by atoms with Gasteiger partial charge in [0.1, 0.15) is 11.6 Å². The predicted octanol–water partition coefficient (Wildman–Crippen LogP) is 4.48. The molecule has 0 aliphatic rings. The number of H-pyrrole nitrogens is 1. The molecule has 29 heavy (non-hydrogen) atoms. The Labute approximate surface area is 189 Å². The molecule has 3 aromatic rings. The molecule has 0 spiro atoms. The Kier molecular flexibility index (Phi) is 8.98. The molecule has 1 aromatic carbocycles. The molecule has 6 nitrogen and oxygen atoms in total. The molecule has 0 saturated carbocycles. The summed E-state index contributed by atoms with van der Waals surface area (Å²) in [6, 6.07) is 14.1. The fourth-order valence-electron chi connectivity index (χ4n) is 2.78. The van der Waals surface area contributed by atoms with Gasteiger partial charge in [0.25, 0.3) is 0 Å². The minimum Gasteiger partial charge on any atom is -0.469 e. The van der Waals surface area contributed by atoms with Crippen molar-refractivity contribution in [3.05, 3.63) is 78.7 Å². The third kappa shape index (κ3) is 7.08. The maximum Gasteiger partial charge on any atom is 0.194 e. The smallest absolute Gasteiger partial charge is 0.194 e. The van der Waals surface area contributed by atoms with E-state index in [1.54, 1.807) is 6.26 Å². The molecule has 0 atom stereocenters. The third-order valence-corrected chi connectivity index (χ3v) is 4.20. The Hall–Kier alpha value is -2.55. The quantitative estimate of drug-likeness (QED) is 0.205. The van der Waals surface area contributed by atoms with E-state index < -0.39 is 0 Å². The van der Waals surface area contributed by atoms with Gasteiger partial charge in [-0.3, -0.25) is 0 Å². The zero-order chi connectivity index (χ0) is 19.8. The van der Waals surface area contributed by atoms with E-state index >= 15 is 0 Å². The van der Waals surface area contributed by atoms with Gasteiger partial charge < -0.3 is 19.6 Å². The Morgan fingerprint density at radius 1 is 1.24 bits per heavy atom. The maximum absolute atomic E-state index is 5.39. The number of guanidine groups is 1. The summed E-state index contributed by atoms with van der Waals surface area (Å²) in [5, 5.41) is 3.41. The van der Waals surface area contributed by atoms with Crippen LogP contribution in [-0.4, -0.2) is 41.0 Å². The van der Waals surface area contributed by atoms with Crippen LogP contribution in [0.4, 0.5) is 0 Å². The molecule has 0 radical (unpaired) electrons. The van der Waals surface area contributed by atoms with Crippen LogP contribution in [0.15, 0.2) is 76.5 Å². The summed E-state index contributed by atoms with van der Waals surface area (Å²) in [5.74, 6) is 2.65. The summed E-state index contributed by atoms with van der Waals surface area (Å²) in [4.78, 5) is 14.6. The zero-order valence-corrected chi connectivity index (χ0v) is 19.2. The highest BCUT2D eigenvalue weighted by Gasteiger charge is 2.10. The van der Waals surface area contributed by atoms with Crippen LogP contribution < -0.4 is 5.32 Å². The monoisotopic (exact) mass is 505 g/mol. The summed E-state index contributed by atoms with van der Waals surface area (Å²) in [7, 11) is 2.00. The van der Waals surface area contributed by atoms with Crippen molar-refractivity contribution < 1.29 is 4.42 Å². The average molecular weight is 505 g/mol. The van der Waals surface area contributed by atoms with Crippen LogP contribution in [-0.2, 0) is 13.0 Å². The normalized spacial score (nSPS) is 11.0. The lowest BCUT2D eigenvalue weighted by Crippen LogP contribution is -2.40. The average Bonchev–Trinajstić information content (AvgIpc) is 3.37. The van der Waals surface area contributed by atoms with E-state index in [9.17, 15) is 0 Å². The second-order valence-electron chi connectivity index (χ2n) is 6.82. The summed E-state index contributed by atoms with van der Waals surface area (Å²) in [6.45, 7) is 7.86. The highest BCUT2D eigenvalue weighted by molar-refractivity contribution is 14.0. The number of rotatable bonds is 8. The van der Waals surface area contributed by atoms with Gasteiger partial charge in [0.15, 0.2) is 5.96 Å². The molecule has 154 valence electrons. The largest absolute Gasteiger partial charge is 0.469 e. The molecular formula is C22H28IN5O. The molecule has 0 amide bonds. The fraction of sp³-hybridized carbons (Fsp3) is 0.273. The van der Waals surface area contributed by atoms with Crippen LogP contribution in [0.2, 0.25) is 0 Å². The molecule has 0 saturated heterocycles. The molecule has 2 N–H and O–H groups in total. The van der Waals surface area contributed by atoms with E-state index in [0.29, 0.717) is 13.1 Å². The number of benzene rings is 1. The Morgan fingerprint density at radius 3 is 2.72 bits per heavy atom. The van der Waals surface area contributed by atoms with Crippen molar-refractivity contribution in [1.82, 2.24) is 20.2 Å². The lowest BCUT2D eigenvalue weighted by Gasteiger charge is -2.21. The van der Waals surface area contributed by atoms with Crippen molar-refractivity contribution in [2.75, 3.05) is 20.1 Å². The highest BCUT2D eigenvalue weighted by Crippen LogP contribution is 2.16. The second-order valence-corrected chi connectivity index (χ2v) is 6.82. The number of aromatic nitrogens is 2. The van der Waals surface area contributed by atoms with Gasteiger partial charge in [-0.05, 0) is 24.6 Å². The van der Waals surface area contributed by atoms with Gasteiger partial charge in [0.2, 0.25) is 0 Å². The topological polar surface area (TPSA) is 69.5 Å². The van der Waals surface area contributed by atoms with Crippen molar-refractivity contribution in [2.45, 2.75) is 19.9 Å². The number of hydrogen-bond acceptors (Lipinski definition) is 3. The minimum atomic E-state index is 0. The Balaban J connectivity index is 0.00000300. The Morgan fingerprint density at radius 2 is 2.03 bits per heavy atom. The second kappa shape index (κ2) is 11.5. The predicted molar refractivity (Wildman–Crippen MR) is 128 cm³/mol. The number of aliphatic imine (C=N–C) groups is 1. The Bertz CT molecular complexity index is 902. The van der Waals surface area contributed by atoms with Gasteiger partial charge in [-0.25, -0.2) is 9.98 Å². The number of aromatic amines is 1. The van der Waals surface area contributed by atoms with Crippen LogP contribution in [0, 0.1) is 0 Å². The molecule has 2 heterocycles. The first-order chi connectivity index (χ1) is 13.6. The van der Waals surface area contributed by atoms with Crippen LogP contribution in [0.25, 0.3) is 11.3 Å². The van der Waals surface area contributed by atoms with E-state index in [-0.39, 0.29) is 24.0 Å². The zero-order valence-electron chi connectivity index (χ0n) is 16.9. The number of halogens is 1. The first kappa shape index (κ1) is 22.7. The van der Waals surface area contributed by atoms with E-state index in [2.05, 4.69) is 43.9 Å². The molecule has 0 unspecified atom stereocenters. The number of nitrogens with one attached hydrogen (secondary N) is 2. The molecule has 0 fully saturated rings. The van der Waals surface area contributed by atoms with Crippen molar-refractivity contribution in [2.24, 2.45) is 4.99 Å². The lowest BCUT2D eigenvalue weighted by molar-refractivity contribution is 0.458. The van der Waals surface area contributed by atoms with Crippen LogP contribution in [0.3, 0.4) is 0 Å². The van der Waals surface area contributed by atoms with Crippen LogP contribution in [0.5, 0.6) is 0 Å². The lowest BCUT2D eigenvalue weighted by atomic mass is 10.2. The standard InChI is InChI=1S/C22H27N5O.HI/c1-17(2)14-25-22(23-12-11-19-10-7-13-28-19)27(3)16-21-24-15-20(26-21)18-8-5-4-6-9-18;/h4-10,13,15H,1,11-12,14,16H2,2-3H3,(H,23,25)(H,24,26);1H. The van der Waals surface area contributed by atoms with Crippen molar-refractivity contribution in [1.29, 1.82) is 0 Å². The summed E-state index contributed by atoms with van der Waals surface area (Å²) in [6.07, 6.45) is 4.36. The molecule has 2 aromatic heterocycles. The van der Waals surface area contributed by atoms with E-state index in [1.807, 2.05) is 50.5 Å². The van der Waals surface area contributed by atoms with E-state index in [0.717, 1.165) is 47.3 Å². The highest BCUT2D eigenvalue weighted by atomic mass is 127. The molecular weight excluding hydrogens is 477 g/mol.